The Balaban J connectivity index is 1.62. The molecule has 1 unspecified atom stereocenters. The van der Waals surface area contributed by atoms with Crippen LogP contribution in [-0.2, 0) is 10.2 Å². The molecule has 0 aliphatic rings. The van der Waals surface area contributed by atoms with Crippen LogP contribution in [0.1, 0.15) is 43.6 Å². The van der Waals surface area contributed by atoms with Gasteiger partial charge in [-0.2, -0.15) is 0 Å². The molecule has 2 aromatic carbocycles. The highest BCUT2D eigenvalue weighted by Crippen LogP contribution is 2.27. The first-order valence-electron chi connectivity index (χ1n) is 9.80. The van der Waals surface area contributed by atoms with Gasteiger partial charge in [-0.05, 0) is 30.0 Å². The minimum absolute atomic E-state index is 0.0503. The van der Waals surface area contributed by atoms with Crippen molar-refractivity contribution in [3.05, 3.63) is 65.7 Å². The number of nitrogens with zero attached hydrogens (tertiary/aromatic N) is 3. The quantitative estimate of drug-likeness (QED) is 0.321. The van der Waals surface area contributed by atoms with E-state index < -0.39 is 11.2 Å². The SMILES string of the molecule is CC(Sc1nnc(-c2ccc(C(C)(C)C)cc2)n1N)C(=O)NNC(=O)c1ccccc1. The smallest absolute Gasteiger partial charge is 0.269 e. The van der Waals surface area contributed by atoms with Gasteiger partial charge in [0.25, 0.3) is 11.8 Å². The van der Waals surface area contributed by atoms with E-state index in [9.17, 15) is 9.59 Å². The van der Waals surface area contributed by atoms with Gasteiger partial charge in [-0.1, -0.05) is 75.0 Å². The van der Waals surface area contributed by atoms with Crippen LogP contribution in [0.5, 0.6) is 0 Å². The maximum atomic E-state index is 12.4. The van der Waals surface area contributed by atoms with E-state index in [0.717, 1.165) is 17.3 Å². The van der Waals surface area contributed by atoms with E-state index in [-0.39, 0.29) is 11.3 Å². The molecule has 0 bridgehead atoms. The third kappa shape index (κ3) is 5.43. The zero-order valence-electron chi connectivity index (χ0n) is 17.9. The zero-order chi connectivity index (χ0) is 22.6. The number of benzene rings is 2. The van der Waals surface area contributed by atoms with E-state index in [1.165, 1.54) is 10.2 Å². The maximum absolute atomic E-state index is 12.4. The highest BCUT2D eigenvalue weighted by Gasteiger charge is 2.21. The number of carbonyl (C=O) groups is 2. The highest BCUT2D eigenvalue weighted by molar-refractivity contribution is 8.00. The lowest BCUT2D eigenvalue weighted by Crippen LogP contribution is -2.45. The molecule has 4 N–H and O–H groups in total. The van der Waals surface area contributed by atoms with Crippen molar-refractivity contribution < 1.29 is 9.59 Å². The van der Waals surface area contributed by atoms with Gasteiger partial charge in [0.1, 0.15) is 0 Å². The Kier molecular flexibility index (Phi) is 6.65. The number of thioether (sulfide) groups is 1. The predicted molar refractivity (Wildman–Crippen MR) is 122 cm³/mol. The second-order valence-corrected chi connectivity index (χ2v) is 9.38. The molecule has 162 valence electrons. The second-order valence-electron chi connectivity index (χ2n) is 8.07. The van der Waals surface area contributed by atoms with Crippen molar-refractivity contribution in [2.24, 2.45) is 0 Å². The fourth-order valence-corrected chi connectivity index (χ4v) is 3.54. The summed E-state index contributed by atoms with van der Waals surface area (Å²) < 4.78 is 1.36. The topological polar surface area (TPSA) is 115 Å². The molecule has 0 fully saturated rings. The molecule has 8 nitrogen and oxygen atoms in total. The number of nitrogens with one attached hydrogen (secondary N) is 2. The fraction of sp³-hybridized carbons (Fsp3) is 0.273. The summed E-state index contributed by atoms with van der Waals surface area (Å²) in [5, 5.41) is 8.12. The normalized spacial score (nSPS) is 12.3. The van der Waals surface area contributed by atoms with Crippen LogP contribution in [0.25, 0.3) is 11.4 Å². The van der Waals surface area contributed by atoms with E-state index in [1.807, 2.05) is 30.3 Å². The molecular formula is C22H26N6O2S. The van der Waals surface area contributed by atoms with Crippen molar-refractivity contribution in [1.82, 2.24) is 25.7 Å². The van der Waals surface area contributed by atoms with Crippen molar-refractivity contribution in [2.75, 3.05) is 5.84 Å². The van der Waals surface area contributed by atoms with E-state index >= 15 is 0 Å². The molecule has 0 aliphatic carbocycles. The first kappa shape index (κ1) is 22.4. The van der Waals surface area contributed by atoms with Gasteiger partial charge in [0.2, 0.25) is 5.16 Å². The van der Waals surface area contributed by atoms with Crippen LogP contribution in [0, 0.1) is 0 Å². The number of aromatic nitrogens is 3. The summed E-state index contributed by atoms with van der Waals surface area (Å²) in [6, 6.07) is 16.6. The van der Waals surface area contributed by atoms with Gasteiger partial charge >= 0.3 is 0 Å². The summed E-state index contributed by atoms with van der Waals surface area (Å²) in [6.45, 7) is 8.14. The first-order chi connectivity index (χ1) is 14.7. The molecule has 3 aromatic rings. The molecule has 1 atom stereocenters. The van der Waals surface area contributed by atoms with Crippen LogP contribution >= 0.6 is 11.8 Å². The lowest BCUT2D eigenvalue weighted by atomic mass is 9.87. The molecule has 2 amide bonds. The second kappa shape index (κ2) is 9.22. The number of hydrogen-bond donors (Lipinski definition) is 3. The minimum Gasteiger partial charge on any atom is -0.335 e. The number of hydrazine groups is 1. The average molecular weight is 439 g/mol. The molecule has 0 saturated heterocycles. The van der Waals surface area contributed by atoms with Crippen molar-refractivity contribution in [3.63, 3.8) is 0 Å². The molecule has 0 saturated carbocycles. The Morgan fingerprint density at radius 1 is 1.00 bits per heavy atom. The fourth-order valence-electron chi connectivity index (χ4n) is 2.77. The van der Waals surface area contributed by atoms with E-state index in [2.05, 4.69) is 41.8 Å². The van der Waals surface area contributed by atoms with E-state index in [0.29, 0.717) is 16.5 Å². The van der Waals surface area contributed by atoms with Crippen LogP contribution < -0.4 is 16.7 Å². The molecule has 0 aliphatic heterocycles. The number of nitrogens with two attached hydrogens (primary N) is 1. The van der Waals surface area contributed by atoms with Crippen LogP contribution in [0.4, 0.5) is 0 Å². The van der Waals surface area contributed by atoms with Gasteiger partial charge < -0.3 is 5.84 Å². The molecule has 1 heterocycles. The van der Waals surface area contributed by atoms with Crippen LogP contribution in [0.15, 0.2) is 59.8 Å². The van der Waals surface area contributed by atoms with E-state index in [4.69, 9.17) is 5.84 Å². The van der Waals surface area contributed by atoms with Crippen LogP contribution in [0.3, 0.4) is 0 Å². The summed E-state index contributed by atoms with van der Waals surface area (Å²) in [6.07, 6.45) is 0. The van der Waals surface area contributed by atoms with E-state index in [1.54, 1.807) is 31.2 Å². The largest absolute Gasteiger partial charge is 0.335 e. The molecule has 9 heteroatoms. The van der Waals surface area contributed by atoms with Gasteiger partial charge in [0.15, 0.2) is 5.82 Å². The summed E-state index contributed by atoms with van der Waals surface area (Å²) in [4.78, 5) is 24.4. The molecule has 0 radical (unpaired) electrons. The van der Waals surface area contributed by atoms with Crippen LogP contribution in [0.2, 0.25) is 0 Å². The predicted octanol–water partition coefficient (Wildman–Crippen LogP) is 2.90. The molecule has 31 heavy (non-hydrogen) atoms. The summed E-state index contributed by atoms with van der Waals surface area (Å²) in [5.74, 6) is 5.91. The monoisotopic (exact) mass is 438 g/mol. The summed E-state index contributed by atoms with van der Waals surface area (Å²) >= 11 is 1.15. The number of nitrogen functional groups attached to an aromatic ring is 1. The number of hydrogen-bond acceptors (Lipinski definition) is 6. The summed E-state index contributed by atoms with van der Waals surface area (Å²) in [7, 11) is 0. The third-order valence-corrected chi connectivity index (χ3v) is 5.72. The lowest BCUT2D eigenvalue weighted by Gasteiger charge is -2.19. The Morgan fingerprint density at radius 3 is 2.26 bits per heavy atom. The van der Waals surface area contributed by atoms with Gasteiger partial charge in [-0.25, -0.2) is 4.68 Å². The van der Waals surface area contributed by atoms with Gasteiger partial charge in [0.05, 0.1) is 5.25 Å². The average Bonchev–Trinajstić information content (AvgIpc) is 3.11. The lowest BCUT2D eigenvalue weighted by molar-refractivity contribution is -0.121. The minimum atomic E-state index is -0.557. The molecule has 3 rings (SSSR count). The molecule has 1 aromatic heterocycles. The standard InChI is InChI=1S/C22H26N6O2S/c1-14(19(29)25-26-20(30)16-8-6-5-7-9-16)31-21-27-24-18(28(21)23)15-10-12-17(13-11-15)22(2,3)4/h5-14H,23H2,1-4H3,(H,25,29)(H,26,30). The maximum Gasteiger partial charge on any atom is 0.269 e. The molecular weight excluding hydrogens is 412 g/mol. The zero-order valence-corrected chi connectivity index (χ0v) is 18.7. The van der Waals surface area contributed by atoms with Crippen molar-refractivity contribution >= 4 is 23.6 Å². The van der Waals surface area contributed by atoms with Gasteiger partial charge in [-0.3, -0.25) is 20.4 Å². The van der Waals surface area contributed by atoms with Crippen molar-refractivity contribution in [2.45, 2.75) is 43.5 Å². The number of carbonyl (C=O) groups excluding carboxylic acids is 2. The molecule has 0 spiro atoms. The Morgan fingerprint density at radius 2 is 1.65 bits per heavy atom. The van der Waals surface area contributed by atoms with Gasteiger partial charge in [0, 0.05) is 11.1 Å². The highest BCUT2D eigenvalue weighted by atomic mass is 32.2. The van der Waals surface area contributed by atoms with Crippen molar-refractivity contribution in [1.29, 1.82) is 0 Å². The van der Waals surface area contributed by atoms with Crippen molar-refractivity contribution in [3.8, 4) is 11.4 Å². The Hall–Kier alpha value is -3.33. The number of rotatable bonds is 5. The van der Waals surface area contributed by atoms with Crippen LogP contribution in [-0.4, -0.2) is 31.9 Å². The Labute approximate surface area is 185 Å². The third-order valence-electron chi connectivity index (χ3n) is 4.66. The first-order valence-corrected chi connectivity index (χ1v) is 10.7. The summed E-state index contributed by atoms with van der Waals surface area (Å²) in [5.41, 5.74) is 7.37. The number of amides is 2. The Bertz CT molecular complexity index is 1060. The van der Waals surface area contributed by atoms with Gasteiger partial charge in [-0.15, -0.1) is 10.2 Å².